The molecule has 0 radical (unpaired) electrons. The van der Waals surface area contributed by atoms with Gasteiger partial charge in [0.15, 0.2) is 18.1 Å². The van der Waals surface area contributed by atoms with Crippen molar-refractivity contribution < 1.29 is 19.1 Å². The molecular formula is C21H22N4O4. The third-order valence-corrected chi connectivity index (χ3v) is 4.59. The van der Waals surface area contributed by atoms with Gasteiger partial charge in [-0.1, -0.05) is 18.2 Å². The summed E-state index contributed by atoms with van der Waals surface area (Å²) in [5, 5.41) is 11.8. The van der Waals surface area contributed by atoms with Crippen molar-refractivity contribution >= 4 is 17.6 Å². The standard InChI is InChI=1S/C21H22N4O4/c1-28-19-13-16(14-22)7-8-18(19)29-15-20(26)24-9-11-25(12-10-24)21(27)23-17-5-3-2-4-6-17/h2-8,13H,9-12,15H2,1H3,(H,23,27). The predicted molar refractivity (Wildman–Crippen MR) is 107 cm³/mol. The van der Waals surface area contributed by atoms with Crippen LogP contribution in [0.25, 0.3) is 0 Å². The molecule has 1 fully saturated rings. The number of nitriles is 1. The molecule has 0 unspecified atom stereocenters. The highest BCUT2D eigenvalue weighted by atomic mass is 16.5. The van der Waals surface area contributed by atoms with E-state index in [2.05, 4.69) is 5.32 Å². The monoisotopic (exact) mass is 394 g/mol. The lowest BCUT2D eigenvalue weighted by molar-refractivity contribution is -0.134. The van der Waals surface area contributed by atoms with Crippen molar-refractivity contribution in [2.75, 3.05) is 45.2 Å². The second-order valence-corrected chi connectivity index (χ2v) is 6.43. The third kappa shape index (κ3) is 5.17. The van der Waals surface area contributed by atoms with E-state index in [9.17, 15) is 9.59 Å². The van der Waals surface area contributed by atoms with Crippen molar-refractivity contribution in [2.24, 2.45) is 0 Å². The zero-order valence-electron chi connectivity index (χ0n) is 16.1. The number of benzene rings is 2. The van der Waals surface area contributed by atoms with Crippen LogP contribution in [0.1, 0.15) is 5.56 Å². The molecule has 0 spiro atoms. The molecule has 1 saturated heterocycles. The maximum Gasteiger partial charge on any atom is 0.321 e. The first-order chi connectivity index (χ1) is 14.1. The number of amides is 3. The molecule has 3 rings (SSSR count). The number of rotatable bonds is 5. The number of anilines is 1. The van der Waals surface area contributed by atoms with Crippen LogP contribution in [0.4, 0.5) is 10.5 Å². The summed E-state index contributed by atoms with van der Waals surface area (Å²) in [6.07, 6.45) is 0. The molecule has 0 aliphatic carbocycles. The lowest BCUT2D eigenvalue weighted by Gasteiger charge is -2.34. The van der Waals surface area contributed by atoms with E-state index >= 15 is 0 Å². The molecule has 8 heteroatoms. The van der Waals surface area contributed by atoms with Crippen LogP contribution in [0.15, 0.2) is 48.5 Å². The van der Waals surface area contributed by atoms with Crippen molar-refractivity contribution in [3.63, 3.8) is 0 Å². The van der Waals surface area contributed by atoms with Gasteiger partial charge in [-0.3, -0.25) is 4.79 Å². The van der Waals surface area contributed by atoms with Gasteiger partial charge in [0.1, 0.15) is 0 Å². The summed E-state index contributed by atoms with van der Waals surface area (Å²) < 4.78 is 10.8. The number of carbonyl (C=O) groups is 2. The van der Waals surface area contributed by atoms with Crippen molar-refractivity contribution in [1.29, 1.82) is 5.26 Å². The number of hydrogen-bond acceptors (Lipinski definition) is 5. The highest BCUT2D eigenvalue weighted by molar-refractivity contribution is 5.89. The van der Waals surface area contributed by atoms with Gasteiger partial charge in [0.05, 0.1) is 18.7 Å². The summed E-state index contributed by atoms with van der Waals surface area (Å²) in [5.41, 5.74) is 1.19. The molecule has 0 atom stereocenters. The lowest BCUT2D eigenvalue weighted by Crippen LogP contribution is -2.52. The Morgan fingerprint density at radius 2 is 1.72 bits per heavy atom. The second kappa shape index (κ2) is 9.46. The molecule has 3 amide bonds. The number of nitrogens with zero attached hydrogens (tertiary/aromatic N) is 3. The number of hydrogen-bond donors (Lipinski definition) is 1. The molecule has 1 aliphatic rings. The van der Waals surface area contributed by atoms with Gasteiger partial charge in [0.2, 0.25) is 0 Å². The van der Waals surface area contributed by atoms with Crippen LogP contribution < -0.4 is 14.8 Å². The van der Waals surface area contributed by atoms with Crippen molar-refractivity contribution in [3.05, 3.63) is 54.1 Å². The Labute approximate surface area is 169 Å². The van der Waals surface area contributed by atoms with Gasteiger partial charge < -0.3 is 24.6 Å². The molecule has 0 saturated carbocycles. The fourth-order valence-corrected chi connectivity index (χ4v) is 2.97. The van der Waals surface area contributed by atoms with Gasteiger partial charge in [-0.05, 0) is 24.3 Å². The van der Waals surface area contributed by atoms with Crippen LogP contribution in [0.3, 0.4) is 0 Å². The molecule has 29 heavy (non-hydrogen) atoms. The normalized spacial score (nSPS) is 13.4. The summed E-state index contributed by atoms with van der Waals surface area (Å²) in [6, 6.07) is 15.9. The smallest absolute Gasteiger partial charge is 0.321 e. The van der Waals surface area contributed by atoms with Gasteiger partial charge in [-0.15, -0.1) is 0 Å². The van der Waals surface area contributed by atoms with E-state index in [1.807, 2.05) is 36.4 Å². The van der Waals surface area contributed by atoms with Gasteiger partial charge in [0.25, 0.3) is 5.91 Å². The maximum absolute atomic E-state index is 12.5. The van der Waals surface area contributed by atoms with Gasteiger partial charge in [-0.25, -0.2) is 4.79 Å². The molecule has 1 aliphatic heterocycles. The Morgan fingerprint density at radius 3 is 2.38 bits per heavy atom. The van der Waals surface area contributed by atoms with Crippen molar-refractivity contribution in [1.82, 2.24) is 9.80 Å². The second-order valence-electron chi connectivity index (χ2n) is 6.43. The SMILES string of the molecule is COc1cc(C#N)ccc1OCC(=O)N1CCN(C(=O)Nc2ccccc2)CC1. The zero-order chi connectivity index (χ0) is 20.6. The van der Waals surface area contributed by atoms with E-state index in [0.717, 1.165) is 5.69 Å². The summed E-state index contributed by atoms with van der Waals surface area (Å²) in [7, 11) is 1.48. The van der Waals surface area contributed by atoms with Crippen LogP contribution in [-0.2, 0) is 4.79 Å². The first-order valence-electron chi connectivity index (χ1n) is 9.20. The Hall–Kier alpha value is -3.73. The fraction of sp³-hybridized carbons (Fsp3) is 0.286. The van der Waals surface area contributed by atoms with E-state index in [-0.39, 0.29) is 18.5 Å². The Morgan fingerprint density at radius 1 is 1.03 bits per heavy atom. The van der Waals surface area contributed by atoms with Gasteiger partial charge >= 0.3 is 6.03 Å². The molecular weight excluding hydrogens is 372 g/mol. The van der Waals surface area contributed by atoms with Crippen LogP contribution in [0.2, 0.25) is 0 Å². The van der Waals surface area contributed by atoms with Crippen LogP contribution in [0, 0.1) is 11.3 Å². The Balaban J connectivity index is 1.48. The molecule has 150 valence electrons. The molecule has 8 nitrogen and oxygen atoms in total. The molecule has 1 heterocycles. The molecule has 0 aromatic heterocycles. The zero-order valence-corrected chi connectivity index (χ0v) is 16.1. The Kier molecular flexibility index (Phi) is 6.53. The molecule has 2 aromatic carbocycles. The minimum atomic E-state index is -0.179. The molecule has 1 N–H and O–H groups in total. The van der Waals surface area contributed by atoms with E-state index < -0.39 is 0 Å². The fourth-order valence-electron chi connectivity index (χ4n) is 2.97. The van der Waals surface area contributed by atoms with E-state index in [1.165, 1.54) is 7.11 Å². The first kappa shape index (κ1) is 20.0. The summed E-state index contributed by atoms with van der Waals surface area (Å²) in [5.74, 6) is 0.638. The minimum absolute atomic E-state index is 0.140. The minimum Gasteiger partial charge on any atom is -0.493 e. The summed E-state index contributed by atoms with van der Waals surface area (Å²) >= 11 is 0. The highest BCUT2D eigenvalue weighted by Crippen LogP contribution is 2.27. The topological polar surface area (TPSA) is 94.9 Å². The number of piperazine rings is 1. The summed E-state index contributed by atoms with van der Waals surface area (Å²) in [6.45, 7) is 1.64. The third-order valence-electron chi connectivity index (χ3n) is 4.59. The number of carbonyl (C=O) groups excluding carboxylic acids is 2. The number of ether oxygens (including phenoxy) is 2. The molecule has 2 aromatic rings. The first-order valence-corrected chi connectivity index (χ1v) is 9.20. The van der Waals surface area contributed by atoms with E-state index in [1.54, 1.807) is 28.0 Å². The largest absolute Gasteiger partial charge is 0.493 e. The Bertz CT molecular complexity index is 903. The van der Waals surface area contributed by atoms with Crippen molar-refractivity contribution in [2.45, 2.75) is 0 Å². The number of methoxy groups -OCH3 is 1. The maximum atomic E-state index is 12.5. The van der Waals surface area contributed by atoms with Crippen LogP contribution >= 0.6 is 0 Å². The number of para-hydroxylation sites is 1. The van der Waals surface area contributed by atoms with E-state index in [0.29, 0.717) is 43.2 Å². The lowest BCUT2D eigenvalue weighted by atomic mass is 10.2. The molecule has 0 bridgehead atoms. The highest BCUT2D eigenvalue weighted by Gasteiger charge is 2.24. The average Bonchev–Trinajstić information content (AvgIpc) is 2.78. The number of nitrogens with one attached hydrogen (secondary N) is 1. The summed E-state index contributed by atoms with van der Waals surface area (Å²) in [4.78, 5) is 28.1. The average molecular weight is 394 g/mol. The number of urea groups is 1. The van der Waals surface area contributed by atoms with E-state index in [4.69, 9.17) is 14.7 Å². The quantitative estimate of drug-likeness (QED) is 0.840. The van der Waals surface area contributed by atoms with Crippen molar-refractivity contribution in [3.8, 4) is 17.6 Å². The van der Waals surface area contributed by atoms with Gasteiger partial charge in [0, 0.05) is 37.9 Å². The van der Waals surface area contributed by atoms with Crippen LogP contribution in [-0.4, -0.2) is 61.6 Å². The van der Waals surface area contributed by atoms with Crippen LogP contribution in [0.5, 0.6) is 11.5 Å². The predicted octanol–water partition coefficient (Wildman–Crippen LogP) is 2.32. The van der Waals surface area contributed by atoms with Gasteiger partial charge in [-0.2, -0.15) is 5.26 Å².